The molecular weight excluding hydrogens is 136 g/mol. The van der Waals surface area contributed by atoms with Gasteiger partial charge in [0.15, 0.2) is 0 Å². The maximum atomic E-state index is 11.2. The smallest absolute Gasteiger partial charge is 0.144 e. The molecule has 0 saturated carbocycles. The molecule has 1 aromatic carbocycles. The Kier molecular flexibility index (Phi) is 1.31. The van der Waals surface area contributed by atoms with E-state index in [1.54, 1.807) is 0 Å². The Morgan fingerprint density at radius 3 is 2.82 bits per heavy atom. The predicted octanol–water partition coefficient (Wildman–Crippen LogP) is 1.92. The maximum Gasteiger partial charge on any atom is 0.144 e. The normalized spacial score (nSPS) is 21.9. The van der Waals surface area contributed by atoms with Crippen molar-refractivity contribution in [2.24, 2.45) is 0 Å². The zero-order valence-electron chi connectivity index (χ0n) is 6.50. The van der Waals surface area contributed by atoms with Crippen LogP contribution in [0, 0.1) is 0 Å². The lowest BCUT2D eigenvalue weighted by molar-refractivity contribution is -0.118. The summed E-state index contributed by atoms with van der Waals surface area (Å²) in [7, 11) is 0. The van der Waals surface area contributed by atoms with Crippen LogP contribution in [-0.4, -0.2) is 5.78 Å². The molecule has 0 amide bonds. The topological polar surface area (TPSA) is 17.1 Å². The first-order valence-electron chi connectivity index (χ1n) is 3.89. The molecule has 0 spiro atoms. The lowest BCUT2D eigenvalue weighted by Gasteiger charge is -2.00. The van der Waals surface area contributed by atoms with Gasteiger partial charge in [-0.05, 0) is 11.1 Å². The molecule has 2 rings (SSSR count). The number of fused-ring (bicyclic) bond motifs is 1. The van der Waals surface area contributed by atoms with Gasteiger partial charge in [-0.3, -0.25) is 4.79 Å². The second-order valence-corrected chi connectivity index (χ2v) is 3.06. The van der Waals surface area contributed by atoms with E-state index in [4.69, 9.17) is 0 Å². The number of hydrogen-bond acceptors (Lipinski definition) is 1. The van der Waals surface area contributed by atoms with Gasteiger partial charge in [-0.1, -0.05) is 31.2 Å². The summed E-state index contributed by atoms with van der Waals surface area (Å²) < 4.78 is 0. The van der Waals surface area contributed by atoms with Crippen LogP contribution < -0.4 is 0 Å². The largest absolute Gasteiger partial charge is 0.299 e. The van der Waals surface area contributed by atoms with Gasteiger partial charge in [0.25, 0.3) is 0 Å². The summed E-state index contributed by atoms with van der Waals surface area (Å²) in [6, 6.07) is 8.07. The molecule has 0 fully saturated rings. The summed E-state index contributed by atoms with van der Waals surface area (Å²) in [5, 5.41) is 0. The zero-order valence-corrected chi connectivity index (χ0v) is 6.50. The molecule has 0 heterocycles. The first-order chi connectivity index (χ1) is 5.29. The third-order valence-corrected chi connectivity index (χ3v) is 2.37. The Morgan fingerprint density at radius 2 is 2.09 bits per heavy atom. The van der Waals surface area contributed by atoms with Crippen LogP contribution in [0.4, 0.5) is 0 Å². The Labute approximate surface area is 66.0 Å². The number of carbonyl (C=O) groups excluding carboxylic acids is 1. The fourth-order valence-electron chi connectivity index (χ4n) is 1.63. The molecular formula is C10H10O. The number of benzene rings is 1. The fourth-order valence-corrected chi connectivity index (χ4v) is 1.63. The maximum absolute atomic E-state index is 11.2. The molecule has 1 unspecified atom stereocenters. The molecule has 0 radical (unpaired) electrons. The molecule has 0 saturated heterocycles. The standard InChI is InChI=1S/C10H10O/c1-7-9-5-3-2-4-8(9)6-10(7)11/h2-5,7H,6H2,1H3. The summed E-state index contributed by atoms with van der Waals surface area (Å²) in [5.74, 6) is 0.484. The van der Waals surface area contributed by atoms with Crippen molar-refractivity contribution in [3.8, 4) is 0 Å². The van der Waals surface area contributed by atoms with Gasteiger partial charge in [0.05, 0.1) is 0 Å². The Balaban J connectivity index is 2.55. The molecule has 1 atom stereocenters. The molecule has 0 aromatic heterocycles. The van der Waals surface area contributed by atoms with E-state index in [1.807, 2.05) is 31.2 Å². The molecule has 56 valence electrons. The Morgan fingerprint density at radius 1 is 1.36 bits per heavy atom. The van der Waals surface area contributed by atoms with Gasteiger partial charge >= 0.3 is 0 Å². The highest BCUT2D eigenvalue weighted by atomic mass is 16.1. The molecule has 0 N–H and O–H groups in total. The SMILES string of the molecule is CC1C(=O)Cc2ccccc21. The molecule has 0 bridgehead atoms. The van der Waals surface area contributed by atoms with Gasteiger partial charge in [-0.2, -0.15) is 0 Å². The number of hydrogen-bond donors (Lipinski definition) is 0. The van der Waals surface area contributed by atoms with Crippen LogP contribution in [0.2, 0.25) is 0 Å². The van der Waals surface area contributed by atoms with Gasteiger partial charge in [0.2, 0.25) is 0 Å². The molecule has 1 aliphatic carbocycles. The van der Waals surface area contributed by atoms with Crippen molar-refractivity contribution < 1.29 is 4.79 Å². The monoisotopic (exact) mass is 146 g/mol. The van der Waals surface area contributed by atoms with Crippen molar-refractivity contribution >= 4 is 5.78 Å². The van der Waals surface area contributed by atoms with Gasteiger partial charge in [0.1, 0.15) is 5.78 Å². The van der Waals surface area contributed by atoms with Crippen molar-refractivity contribution in [2.45, 2.75) is 19.3 Å². The van der Waals surface area contributed by atoms with Crippen LogP contribution in [0.15, 0.2) is 24.3 Å². The van der Waals surface area contributed by atoms with Crippen molar-refractivity contribution in [3.05, 3.63) is 35.4 Å². The molecule has 1 nitrogen and oxygen atoms in total. The number of Topliss-reactive ketones (excluding diaryl/α,β-unsaturated/α-hetero) is 1. The van der Waals surface area contributed by atoms with Crippen LogP contribution in [-0.2, 0) is 11.2 Å². The zero-order chi connectivity index (χ0) is 7.84. The van der Waals surface area contributed by atoms with Crippen LogP contribution in [0.1, 0.15) is 24.0 Å². The van der Waals surface area contributed by atoms with E-state index in [2.05, 4.69) is 0 Å². The van der Waals surface area contributed by atoms with E-state index < -0.39 is 0 Å². The Hall–Kier alpha value is -1.11. The molecule has 1 aromatic rings. The van der Waals surface area contributed by atoms with E-state index in [1.165, 1.54) is 11.1 Å². The minimum Gasteiger partial charge on any atom is -0.299 e. The summed E-state index contributed by atoms with van der Waals surface area (Å²) in [6.07, 6.45) is 0.636. The third kappa shape index (κ3) is 0.881. The van der Waals surface area contributed by atoms with Crippen LogP contribution >= 0.6 is 0 Å². The van der Waals surface area contributed by atoms with Gasteiger partial charge < -0.3 is 0 Å². The average molecular weight is 146 g/mol. The van der Waals surface area contributed by atoms with Crippen molar-refractivity contribution in [1.29, 1.82) is 0 Å². The lowest BCUT2D eigenvalue weighted by Crippen LogP contribution is -2.00. The fraction of sp³-hybridized carbons (Fsp3) is 0.300. The summed E-state index contributed by atoms with van der Waals surface area (Å²) >= 11 is 0. The minimum atomic E-state index is 0.131. The Bertz CT molecular complexity index is 301. The van der Waals surface area contributed by atoms with Gasteiger partial charge in [0, 0.05) is 12.3 Å². The summed E-state index contributed by atoms with van der Waals surface area (Å²) in [5.41, 5.74) is 2.43. The minimum absolute atomic E-state index is 0.131. The van der Waals surface area contributed by atoms with Crippen LogP contribution in [0.5, 0.6) is 0 Å². The second-order valence-electron chi connectivity index (χ2n) is 3.06. The highest BCUT2D eigenvalue weighted by Gasteiger charge is 2.25. The van der Waals surface area contributed by atoms with Crippen LogP contribution in [0.3, 0.4) is 0 Å². The van der Waals surface area contributed by atoms with Crippen LogP contribution in [0.25, 0.3) is 0 Å². The summed E-state index contributed by atoms with van der Waals surface area (Å²) in [6.45, 7) is 1.98. The number of rotatable bonds is 0. The van der Waals surface area contributed by atoms with E-state index >= 15 is 0 Å². The highest BCUT2D eigenvalue weighted by molar-refractivity contribution is 5.92. The van der Waals surface area contributed by atoms with Crippen molar-refractivity contribution in [2.75, 3.05) is 0 Å². The van der Waals surface area contributed by atoms with E-state index in [0.29, 0.717) is 12.2 Å². The number of carbonyl (C=O) groups is 1. The molecule has 1 aliphatic rings. The molecule has 0 aliphatic heterocycles. The number of ketones is 1. The lowest BCUT2D eigenvalue weighted by atomic mass is 10.0. The van der Waals surface area contributed by atoms with E-state index in [0.717, 1.165) is 0 Å². The quantitative estimate of drug-likeness (QED) is 0.546. The van der Waals surface area contributed by atoms with Crippen molar-refractivity contribution in [1.82, 2.24) is 0 Å². The molecule has 1 heteroatoms. The summed E-state index contributed by atoms with van der Waals surface area (Å²) in [4.78, 5) is 11.2. The van der Waals surface area contributed by atoms with Crippen molar-refractivity contribution in [3.63, 3.8) is 0 Å². The van der Waals surface area contributed by atoms with Gasteiger partial charge in [-0.15, -0.1) is 0 Å². The second kappa shape index (κ2) is 2.19. The van der Waals surface area contributed by atoms with Gasteiger partial charge in [-0.25, -0.2) is 0 Å². The third-order valence-electron chi connectivity index (χ3n) is 2.37. The average Bonchev–Trinajstić information content (AvgIpc) is 2.30. The molecule has 11 heavy (non-hydrogen) atoms. The predicted molar refractivity (Wildman–Crippen MR) is 43.6 cm³/mol. The first-order valence-corrected chi connectivity index (χ1v) is 3.89. The van der Waals surface area contributed by atoms with E-state index in [-0.39, 0.29) is 5.92 Å². The first kappa shape index (κ1) is 6.59. The highest BCUT2D eigenvalue weighted by Crippen LogP contribution is 2.28. The van der Waals surface area contributed by atoms with E-state index in [9.17, 15) is 4.79 Å².